The Labute approximate surface area is 265 Å². The van der Waals surface area contributed by atoms with Crippen LogP contribution in [0.1, 0.15) is 0 Å². The van der Waals surface area contributed by atoms with Gasteiger partial charge in [0.1, 0.15) is 16.4 Å². The minimum atomic E-state index is -4.55. The Kier molecular flexibility index (Phi) is 7.90. The van der Waals surface area contributed by atoms with Crippen molar-refractivity contribution in [2.75, 3.05) is 29.1 Å². The molecule has 234 valence electrons. The molecule has 0 atom stereocenters. The molecule has 0 saturated carbocycles. The largest absolute Gasteiger partial charge is 0.495 e. The summed E-state index contributed by atoms with van der Waals surface area (Å²) in [5.74, 6) is 1.21. The van der Waals surface area contributed by atoms with E-state index in [0.717, 1.165) is 6.26 Å². The smallest absolute Gasteiger partial charge is 0.363 e. The Balaban J connectivity index is 1.44. The van der Waals surface area contributed by atoms with Crippen LogP contribution in [0.2, 0.25) is 0 Å². The Hall–Kier alpha value is -5.37. The highest BCUT2D eigenvalue weighted by atomic mass is 32.2. The maximum atomic E-state index is 12.3. The van der Waals surface area contributed by atoms with Gasteiger partial charge in [-0.1, -0.05) is 30.3 Å². The van der Waals surface area contributed by atoms with Gasteiger partial charge in [0.15, 0.2) is 5.75 Å². The van der Waals surface area contributed by atoms with E-state index >= 15 is 0 Å². The highest BCUT2D eigenvalue weighted by molar-refractivity contribution is 7.92. The summed E-state index contributed by atoms with van der Waals surface area (Å²) in [6.07, 6.45) is 1.06. The second kappa shape index (κ2) is 11.9. The molecule has 0 spiro atoms. The van der Waals surface area contributed by atoms with Gasteiger partial charge in [-0.15, -0.1) is 0 Å². The number of sulfonamides is 1. The first-order valence-electron chi connectivity index (χ1n) is 13.8. The average Bonchev–Trinajstić information content (AvgIpc) is 3.00. The lowest BCUT2D eigenvalue weighted by atomic mass is 9.96. The molecule has 1 heterocycles. The summed E-state index contributed by atoms with van der Waals surface area (Å²) in [6.45, 7) is 0. The summed E-state index contributed by atoms with van der Waals surface area (Å²) in [7, 11) is -6.56. The van der Waals surface area contributed by atoms with Crippen LogP contribution in [-0.4, -0.2) is 34.8 Å². The van der Waals surface area contributed by atoms with Crippen molar-refractivity contribution in [2.24, 2.45) is 0 Å². The van der Waals surface area contributed by atoms with Crippen molar-refractivity contribution in [3.63, 3.8) is 0 Å². The van der Waals surface area contributed by atoms with Crippen molar-refractivity contribution in [3.05, 3.63) is 103 Å². The first kappa shape index (κ1) is 30.6. The van der Waals surface area contributed by atoms with E-state index in [0.29, 0.717) is 67.4 Å². The van der Waals surface area contributed by atoms with Gasteiger partial charge in [-0.2, -0.15) is 8.42 Å². The lowest BCUT2D eigenvalue weighted by Crippen LogP contribution is -2.10. The van der Waals surface area contributed by atoms with Gasteiger partial charge >= 0.3 is 11.2 Å². The molecule has 5 N–H and O–H groups in total. The molecule has 0 aliphatic carbocycles. The molecule has 5 aromatic carbocycles. The number of fused-ring (bicyclic) bond motifs is 2. The number of hydrogen-bond donors (Lipinski definition) is 4. The van der Waals surface area contributed by atoms with Gasteiger partial charge in [-0.05, 0) is 54.6 Å². The lowest BCUT2D eigenvalue weighted by Gasteiger charge is -2.15. The molecule has 1 aromatic heterocycles. The minimum absolute atomic E-state index is 0.238. The van der Waals surface area contributed by atoms with E-state index in [1.165, 1.54) is 19.2 Å². The molecule has 46 heavy (non-hydrogen) atoms. The fourth-order valence-electron chi connectivity index (χ4n) is 5.14. The van der Waals surface area contributed by atoms with Gasteiger partial charge in [-0.3, -0.25) is 9.27 Å². The molecule has 0 bridgehead atoms. The van der Waals surface area contributed by atoms with Crippen LogP contribution >= 0.6 is 0 Å². The van der Waals surface area contributed by atoms with Crippen molar-refractivity contribution in [1.29, 1.82) is 0 Å². The summed E-state index contributed by atoms with van der Waals surface area (Å²) in [5.41, 5.74) is 9.61. The molecular weight excluding hydrogens is 631 g/mol. The fraction of sp³-hybridized carbons (Fsp3) is 0.0606. The topological polar surface area (TPSA) is 168 Å². The van der Waals surface area contributed by atoms with Crippen LogP contribution in [0.3, 0.4) is 0 Å². The predicted molar refractivity (Wildman–Crippen MR) is 179 cm³/mol. The van der Waals surface area contributed by atoms with Gasteiger partial charge in [0.25, 0.3) is 10.1 Å². The molecule has 0 aliphatic heterocycles. The standard InChI is InChI=1S/C33H27N3O8S2/c1-42-28-16-13-22(43-29-9-5-4-8-26(29)36-45(2,37)38)19-27(28)35-21-12-15-24-31(18-21)44-30-17-20(34)11-14-23(30)33(24)25-7-3-6-10-32(25)46(39,40)41/h3-19,35-36H,34H2,1-2H3/p+1. The monoisotopic (exact) mass is 658 g/mol. The van der Waals surface area contributed by atoms with Gasteiger partial charge in [-0.25, -0.2) is 12.8 Å². The number of rotatable bonds is 9. The Morgan fingerprint density at radius 1 is 0.761 bits per heavy atom. The van der Waals surface area contributed by atoms with Crippen molar-refractivity contribution in [2.45, 2.75) is 4.90 Å². The second-order valence-electron chi connectivity index (χ2n) is 10.4. The average molecular weight is 659 g/mol. The van der Waals surface area contributed by atoms with Crippen molar-refractivity contribution < 1.29 is 35.3 Å². The van der Waals surface area contributed by atoms with Crippen molar-refractivity contribution in [3.8, 4) is 28.4 Å². The van der Waals surface area contributed by atoms with Crippen LogP contribution in [0.4, 0.5) is 22.7 Å². The third-order valence-corrected chi connectivity index (χ3v) is 8.54. The third-order valence-electron chi connectivity index (χ3n) is 7.04. The van der Waals surface area contributed by atoms with Crippen LogP contribution in [0.25, 0.3) is 33.1 Å². The maximum Gasteiger partial charge on any atom is 0.363 e. The Morgan fingerprint density at radius 3 is 2.20 bits per heavy atom. The van der Waals surface area contributed by atoms with Crippen LogP contribution in [0.5, 0.6) is 17.2 Å². The zero-order chi connectivity index (χ0) is 32.6. The summed E-state index contributed by atoms with van der Waals surface area (Å²) in [4.78, 5) is -0.238. The maximum absolute atomic E-state index is 12.3. The quantitative estimate of drug-likeness (QED) is 0.0536. The molecule has 6 rings (SSSR count). The number of nitrogens with one attached hydrogen (secondary N) is 2. The summed E-state index contributed by atoms with van der Waals surface area (Å²) in [6, 6.07) is 28.4. The first-order valence-corrected chi connectivity index (χ1v) is 17.1. The van der Waals surface area contributed by atoms with Crippen molar-refractivity contribution >= 4 is 64.8 Å². The number of benzene rings is 5. The van der Waals surface area contributed by atoms with E-state index in [1.54, 1.807) is 91.0 Å². The molecule has 0 aliphatic rings. The number of nitrogens with two attached hydrogens (primary N) is 1. The molecule has 11 nitrogen and oxygen atoms in total. The minimum Gasteiger partial charge on any atom is -0.495 e. The lowest BCUT2D eigenvalue weighted by molar-refractivity contribution is 0.415. The summed E-state index contributed by atoms with van der Waals surface area (Å²) in [5, 5.41) is 4.51. The molecule has 0 saturated heterocycles. The van der Waals surface area contributed by atoms with Gasteiger partial charge in [0.2, 0.25) is 10.0 Å². The molecule has 0 amide bonds. The highest BCUT2D eigenvalue weighted by Gasteiger charge is 2.25. The Bertz CT molecular complexity index is 2360. The molecule has 0 unspecified atom stereocenters. The normalized spacial score (nSPS) is 11.8. The fourth-order valence-corrected chi connectivity index (χ4v) is 6.41. The van der Waals surface area contributed by atoms with E-state index in [1.807, 2.05) is 0 Å². The van der Waals surface area contributed by atoms with Crippen LogP contribution in [0, 0.1) is 0 Å². The SMILES string of the molecule is COc1ccc(Oc2ccccc2NS(C)(=O)=O)cc1Nc1ccc2c(-c3ccccc3S(=O)(=O)O)c3ccc(N)cc3[o+]c2c1. The second-order valence-corrected chi connectivity index (χ2v) is 13.5. The Morgan fingerprint density at radius 2 is 1.46 bits per heavy atom. The van der Waals surface area contributed by atoms with E-state index < -0.39 is 20.1 Å². The number of nitrogen functional groups attached to an aromatic ring is 1. The van der Waals surface area contributed by atoms with Crippen LogP contribution < -0.4 is 25.2 Å². The van der Waals surface area contributed by atoms with E-state index in [9.17, 15) is 21.4 Å². The summed E-state index contributed by atoms with van der Waals surface area (Å²) < 4.78 is 78.7. The number of hydrogen-bond acceptors (Lipinski definition) is 8. The van der Waals surface area contributed by atoms with E-state index in [4.69, 9.17) is 19.6 Å². The molecule has 0 radical (unpaired) electrons. The molecule has 6 aromatic rings. The van der Waals surface area contributed by atoms with E-state index in [-0.39, 0.29) is 10.6 Å². The van der Waals surface area contributed by atoms with Gasteiger partial charge in [0, 0.05) is 28.6 Å². The summed E-state index contributed by atoms with van der Waals surface area (Å²) >= 11 is 0. The predicted octanol–water partition coefficient (Wildman–Crippen LogP) is 7.28. The molecule has 13 heteroatoms. The molecule has 0 fully saturated rings. The zero-order valence-electron chi connectivity index (χ0n) is 24.5. The van der Waals surface area contributed by atoms with Gasteiger partial charge in [0.05, 0.1) is 47.6 Å². The number of ether oxygens (including phenoxy) is 2. The molecular formula is C33H28N3O8S2+. The zero-order valence-corrected chi connectivity index (χ0v) is 26.1. The first-order chi connectivity index (χ1) is 21.9. The van der Waals surface area contributed by atoms with Crippen LogP contribution in [-0.2, 0) is 20.1 Å². The van der Waals surface area contributed by atoms with Gasteiger partial charge < -0.3 is 20.5 Å². The number of methoxy groups -OCH3 is 1. The van der Waals surface area contributed by atoms with E-state index in [2.05, 4.69) is 10.0 Å². The third kappa shape index (κ3) is 6.38. The van der Waals surface area contributed by atoms with Crippen molar-refractivity contribution in [1.82, 2.24) is 0 Å². The van der Waals surface area contributed by atoms with Crippen LogP contribution in [0.15, 0.2) is 112 Å². The number of anilines is 4. The highest BCUT2D eigenvalue weighted by Crippen LogP contribution is 2.42. The number of para-hydroxylation sites is 2.